The molecule has 1 aliphatic heterocycles. The maximum Gasteiger partial charge on any atom is 0.350 e. The monoisotopic (exact) mass is 448 g/mol. The Bertz CT molecular complexity index is 933. The zero-order chi connectivity index (χ0) is 20.8. The number of anilines is 1. The van der Waals surface area contributed by atoms with Crippen molar-refractivity contribution in [2.24, 2.45) is 0 Å². The number of nitrogens with one attached hydrogen (secondary N) is 1. The molecule has 11 nitrogen and oxygen atoms in total. The molecule has 2 aromatic heterocycles. The Morgan fingerprint density at radius 3 is 2.72 bits per heavy atom. The summed E-state index contributed by atoms with van der Waals surface area (Å²) in [7, 11) is -4.34. The second-order valence-corrected chi connectivity index (χ2v) is 9.21. The van der Waals surface area contributed by atoms with E-state index in [0.29, 0.717) is 22.9 Å². The lowest BCUT2D eigenvalue weighted by atomic mass is 9.93. The number of nitrogens with zero attached hydrogens (tertiary/aromatic N) is 3. The third-order valence-corrected chi connectivity index (χ3v) is 5.83. The van der Waals surface area contributed by atoms with Gasteiger partial charge < -0.3 is 39.4 Å². The van der Waals surface area contributed by atoms with Crippen LogP contribution in [0.1, 0.15) is 25.5 Å². The molecule has 0 spiro atoms. The van der Waals surface area contributed by atoms with Gasteiger partial charge in [-0.25, -0.2) is 4.98 Å². The average molecular weight is 449 g/mol. The fourth-order valence-corrected chi connectivity index (χ4v) is 3.96. The molecule has 160 valence electrons. The van der Waals surface area contributed by atoms with E-state index >= 15 is 0 Å². The third kappa shape index (κ3) is 4.42. The summed E-state index contributed by atoms with van der Waals surface area (Å²) in [4.78, 5) is 26.2. The molecule has 0 bridgehead atoms. The highest BCUT2D eigenvalue weighted by Gasteiger charge is 2.44. The van der Waals surface area contributed by atoms with Gasteiger partial charge in [-0.1, -0.05) is 0 Å². The Hall–Kier alpha value is -1.30. The molecule has 4 rings (SSSR count). The van der Waals surface area contributed by atoms with Crippen molar-refractivity contribution in [3.8, 4) is 0 Å². The lowest BCUT2D eigenvalue weighted by molar-refractivity contribution is -0.0610. The quantitative estimate of drug-likeness (QED) is 0.303. The van der Waals surface area contributed by atoms with E-state index in [-0.39, 0.29) is 11.9 Å². The number of halogens is 1. The molecule has 2 aliphatic rings. The molecule has 1 saturated heterocycles. The Labute approximate surface area is 170 Å². The van der Waals surface area contributed by atoms with Crippen LogP contribution < -0.4 is 5.32 Å². The average Bonchev–Trinajstić information content (AvgIpc) is 3.13. The van der Waals surface area contributed by atoms with Crippen molar-refractivity contribution in [3.63, 3.8) is 0 Å². The van der Waals surface area contributed by atoms with E-state index in [1.165, 1.54) is 0 Å². The molecular formula is C16H22ClN4O7P. The minimum atomic E-state index is -4.34. The Morgan fingerprint density at radius 1 is 1.31 bits per heavy atom. The topological polar surface area (TPSA) is 159 Å². The van der Waals surface area contributed by atoms with E-state index in [1.54, 1.807) is 16.8 Å². The van der Waals surface area contributed by atoms with E-state index in [2.05, 4.69) is 15.3 Å². The first-order valence-corrected chi connectivity index (χ1v) is 11.3. The Kier molecular flexibility index (Phi) is 5.84. The molecule has 29 heavy (non-hydrogen) atoms. The molecule has 5 N–H and O–H groups in total. The van der Waals surface area contributed by atoms with Crippen LogP contribution in [0.15, 0.2) is 12.3 Å². The van der Waals surface area contributed by atoms with Crippen molar-refractivity contribution < 1.29 is 34.0 Å². The van der Waals surface area contributed by atoms with E-state index in [0.717, 1.165) is 19.3 Å². The van der Waals surface area contributed by atoms with Gasteiger partial charge in [0, 0.05) is 12.2 Å². The van der Waals surface area contributed by atoms with Gasteiger partial charge in [0.2, 0.25) is 5.28 Å². The molecule has 3 heterocycles. The number of hydrogen-bond acceptors (Lipinski definition) is 8. The number of ether oxygens (including phenoxy) is 2. The van der Waals surface area contributed by atoms with Crippen LogP contribution in [0.4, 0.5) is 5.82 Å². The van der Waals surface area contributed by atoms with Gasteiger partial charge in [0.05, 0.1) is 12.0 Å². The smallest absolute Gasteiger partial charge is 0.350 e. The number of aromatic nitrogens is 3. The van der Waals surface area contributed by atoms with Crippen molar-refractivity contribution in [2.45, 2.75) is 49.8 Å². The second kappa shape index (κ2) is 8.09. The molecule has 4 atom stereocenters. The van der Waals surface area contributed by atoms with Gasteiger partial charge in [-0.3, -0.25) is 4.57 Å². The van der Waals surface area contributed by atoms with Gasteiger partial charge in [0.25, 0.3) is 0 Å². The Morgan fingerprint density at radius 2 is 2.07 bits per heavy atom. The molecule has 1 saturated carbocycles. The fourth-order valence-electron chi connectivity index (χ4n) is 3.45. The van der Waals surface area contributed by atoms with Crippen LogP contribution in [-0.4, -0.2) is 71.8 Å². The van der Waals surface area contributed by atoms with Crippen molar-refractivity contribution in [2.75, 3.05) is 18.3 Å². The lowest BCUT2D eigenvalue weighted by Crippen LogP contribution is -2.33. The molecule has 0 unspecified atom stereocenters. The Balaban J connectivity index is 1.55. The zero-order valence-corrected chi connectivity index (χ0v) is 16.9. The molecule has 13 heteroatoms. The first-order chi connectivity index (χ1) is 13.7. The first kappa shape index (κ1) is 21.0. The number of aliphatic hydroxyl groups is 2. The van der Waals surface area contributed by atoms with Gasteiger partial charge in [0.15, 0.2) is 6.23 Å². The van der Waals surface area contributed by atoms with Gasteiger partial charge in [0.1, 0.15) is 36.1 Å². The van der Waals surface area contributed by atoms with Crippen LogP contribution in [0.2, 0.25) is 5.28 Å². The van der Waals surface area contributed by atoms with Gasteiger partial charge in [-0.05, 0) is 36.9 Å². The summed E-state index contributed by atoms with van der Waals surface area (Å²) in [6.07, 6.45) is -0.435. The van der Waals surface area contributed by atoms with Crippen LogP contribution in [0.5, 0.6) is 0 Å². The molecule has 0 aromatic carbocycles. The van der Waals surface area contributed by atoms with Crippen molar-refractivity contribution >= 4 is 36.0 Å². The summed E-state index contributed by atoms with van der Waals surface area (Å²) < 4.78 is 23.1. The summed E-state index contributed by atoms with van der Waals surface area (Å²) >= 11 is 6.09. The van der Waals surface area contributed by atoms with E-state index in [1.807, 2.05) is 0 Å². The highest BCUT2D eigenvalue weighted by Crippen LogP contribution is 2.37. The lowest BCUT2D eigenvalue weighted by Gasteiger charge is -2.27. The molecule has 2 fully saturated rings. The largest absolute Gasteiger partial charge is 0.387 e. The van der Waals surface area contributed by atoms with Crippen LogP contribution in [0, 0.1) is 0 Å². The minimum absolute atomic E-state index is 0.0360. The molecule has 0 amide bonds. The van der Waals surface area contributed by atoms with Crippen molar-refractivity contribution in [1.29, 1.82) is 0 Å². The third-order valence-electron chi connectivity index (χ3n) is 5.14. The summed E-state index contributed by atoms with van der Waals surface area (Å²) in [5.41, 5.74) is 0.430. The van der Waals surface area contributed by atoms with E-state index in [4.69, 9.17) is 30.9 Å². The van der Waals surface area contributed by atoms with Crippen molar-refractivity contribution in [1.82, 2.24) is 14.5 Å². The second-order valence-electron chi connectivity index (χ2n) is 7.28. The fraction of sp³-hybridized carbons (Fsp3) is 0.625. The zero-order valence-electron chi connectivity index (χ0n) is 15.3. The van der Waals surface area contributed by atoms with Crippen LogP contribution in [-0.2, 0) is 14.0 Å². The van der Waals surface area contributed by atoms with Gasteiger partial charge >= 0.3 is 7.60 Å². The van der Waals surface area contributed by atoms with Crippen LogP contribution in [0.25, 0.3) is 11.0 Å². The van der Waals surface area contributed by atoms with E-state index in [9.17, 15) is 14.8 Å². The summed E-state index contributed by atoms with van der Waals surface area (Å²) in [6, 6.07) is 2.10. The summed E-state index contributed by atoms with van der Waals surface area (Å²) in [5, 5.41) is 24.8. The number of rotatable bonds is 7. The molecular weight excluding hydrogens is 427 g/mol. The highest BCUT2D eigenvalue weighted by atomic mass is 35.5. The predicted molar refractivity (Wildman–Crippen MR) is 103 cm³/mol. The van der Waals surface area contributed by atoms with Crippen LogP contribution in [0.3, 0.4) is 0 Å². The molecule has 0 radical (unpaired) electrons. The first-order valence-electron chi connectivity index (χ1n) is 9.17. The summed E-state index contributed by atoms with van der Waals surface area (Å²) in [5.74, 6) is 0.595. The summed E-state index contributed by atoms with van der Waals surface area (Å²) in [6.45, 7) is -0.288. The van der Waals surface area contributed by atoms with E-state index < -0.39 is 38.5 Å². The van der Waals surface area contributed by atoms with Gasteiger partial charge in [-0.15, -0.1) is 0 Å². The highest BCUT2D eigenvalue weighted by molar-refractivity contribution is 7.51. The predicted octanol–water partition coefficient (Wildman–Crippen LogP) is 0.820. The van der Waals surface area contributed by atoms with Crippen molar-refractivity contribution in [3.05, 3.63) is 17.5 Å². The number of fused-ring (bicyclic) bond motifs is 1. The standard InChI is InChI=1S/C16H22ClN4O7P/c17-16-19-13(18-8-2-1-3-8)9-4-5-21(14(9)20-16)15-12(23)11(22)10(28-15)6-27-7-29(24,25)26/h4-5,8,10-12,15,22-23H,1-3,6-7H2,(H,18,19,20)(H2,24,25,26)/t10-,11-,12-,15-/m1/s1. The minimum Gasteiger partial charge on any atom is -0.387 e. The van der Waals surface area contributed by atoms with Gasteiger partial charge in [-0.2, -0.15) is 4.98 Å². The van der Waals surface area contributed by atoms with Crippen LogP contribution >= 0.6 is 19.2 Å². The number of hydrogen-bond donors (Lipinski definition) is 5. The maximum atomic E-state index is 10.9. The molecule has 1 aliphatic carbocycles. The molecule has 2 aromatic rings. The SMILES string of the molecule is O=P(O)(O)COC[C@H]1O[C@@H](n2ccc3c(NC4CCC4)nc(Cl)nc32)[C@H](O)[C@@H]1O. The number of aliphatic hydroxyl groups excluding tert-OH is 2. The maximum absolute atomic E-state index is 10.9. The normalized spacial score (nSPS) is 28.0.